The standard InChI is InChI=1S/C7H14O2SSi/c1-11(2,3)7-5-4-6-10(7,8)9/h4-5,7H,6H2,1-3H3. The summed E-state index contributed by atoms with van der Waals surface area (Å²) >= 11 is 0. The van der Waals surface area contributed by atoms with Gasteiger partial charge >= 0.3 is 0 Å². The van der Waals surface area contributed by atoms with Crippen molar-refractivity contribution in [2.75, 3.05) is 5.75 Å². The molecule has 0 radical (unpaired) electrons. The van der Waals surface area contributed by atoms with Crippen LogP contribution in [0.25, 0.3) is 0 Å². The average molecular weight is 190 g/mol. The number of sulfone groups is 1. The van der Waals surface area contributed by atoms with Crippen molar-refractivity contribution >= 4 is 17.9 Å². The zero-order chi connectivity index (χ0) is 8.70. The smallest absolute Gasteiger partial charge is 0.157 e. The molecule has 0 bridgehead atoms. The van der Waals surface area contributed by atoms with Crippen LogP contribution in [0.4, 0.5) is 0 Å². The van der Waals surface area contributed by atoms with Crippen LogP contribution in [0.3, 0.4) is 0 Å². The van der Waals surface area contributed by atoms with Crippen molar-refractivity contribution in [3.63, 3.8) is 0 Å². The van der Waals surface area contributed by atoms with Gasteiger partial charge in [-0.3, -0.25) is 0 Å². The highest BCUT2D eigenvalue weighted by Gasteiger charge is 2.37. The lowest BCUT2D eigenvalue weighted by molar-refractivity contribution is 0.600. The Morgan fingerprint density at radius 1 is 1.36 bits per heavy atom. The first-order chi connectivity index (χ1) is 4.84. The zero-order valence-electron chi connectivity index (χ0n) is 7.16. The molecule has 0 aromatic carbocycles. The van der Waals surface area contributed by atoms with Crippen LogP contribution in [-0.2, 0) is 9.84 Å². The lowest BCUT2D eigenvalue weighted by atomic mass is 10.6. The Balaban J connectivity index is 2.99. The molecule has 0 N–H and O–H groups in total. The summed E-state index contributed by atoms with van der Waals surface area (Å²) in [7, 11) is -4.33. The fourth-order valence-corrected chi connectivity index (χ4v) is 7.61. The maximum absolute atomic E-state index is 11.4. The maximum Gasteiger partial charge on any atom is 0.157 e. The SMILES string of the molecule is C[Si](C)(C)C1C=CCS1(=O)=O. The molecule has 2 nitrogen and oxygen atoms in total. The average Bonchev–Trinajstić information content (AvgIpc) is 2.06. The Morgan fingerprint density at radius 2 is 1.91 bits per heavy atom. The summed E-state index contributed by atoms with van der Waals surface area (Å²) in [5.74, 6) is 0.252. The van der Waals surface area contributed by atoms with Crippen molar-refractivity contribution < 1.29 is 8.42 Å². The Labute approximate surface area is 69.2 Å². The molecule has 4 heteroatoms. The monoisotopic (exact) mass is 190 g/mol. The molecule has 1 rings (SSSR count). The molecule has 0 amide bonds. The molecule has 64 valence electrons. The fraction of sp³-hybridized carbons (Fsp3) is 0.714. The van der Waals surface area contributed by atoms with Crippen LogP contribution in [0.5, 0.6) is 0 Å². The highest BCUT2D eigenvalue weighted by atomic mass is 32.2. The van der Waals surface area contributed by atoms with Gasteiger partial charge in [-0.1, -0.05) is 31.8 Å². The molecule has 11 heavy (non-hydrogen) atoms. The fourth-order valence-electron chi connectivity index (χ4n) is 1.36. The quantitative estimate of drug-likeness (QED) is 0.460. The van der Waals surface area contributed by atoms with Gasteiger partial charge in [0.15, 0.2) is 9.84 Å². The molecular weight excluding hydrogens is 176 g/mol. The molecule has 0 saturated heterocycles. The van der Waals surface area contributed by atoms with Crippen LogP contribution in [0, 0.1) is 0 Å². The third-order valence-electron chi connectivity index (χ3n) is 1.88. The van der Waals surface area contributed by atoms with Crippen LogP contribution >= 0.6 is 0 Å². The Kier molecular flexibility index (Phi) is 2.01. The van der Waals surface area contributed by atoms with Crippen LogP contribution in [0.15, 0.2) is 12.2 Å². The van der Waals surface area contributed by atoms with E-state index in [1.807, 2.05) is 6.08 Å². The van der Waals surface area contributed by atoms with Gasteiger partial charge in [-0.15, -0.1) is 0 Å². The van der Waals surface area contributed by atoms with E-state index in [-0.39, 0.29) is 10.6 Å². The van der Waals surface area contributed by atoms with Crippen molar-refractivity contribution in [2.45, 2.75) is 24.5 Å². The maximum atomic E-state index is 11.4. The molecule has 0 fully saturated rings. The van der Waals surface area contributed by atoms with E-state index in [9.17, 15) is 8.42 Å². The van der Waals surface area contributed by atoms with Gasteiger partial charge in [-0.25, -0.2) is 8.42 Å². The molecule has 1 atom stereocenters. The summed E-state index contributed by atoms with van der Waals surface area (Å²) in [5, 5.41) is 0. The number of rotatable bonds is 1. The summed E-state index contributed by atoms with van der Waals surface area (Å²) in [5.41, 5.74) is 0. The topological polar surface area (TPSA) is 34.1 Å². The van der Waals surface area contributed by atoms with Crippen molar-refractivity contribution in [3.05, 3.63) is 12.2 Å². The minimum Gasteiger partial charge on any atom is -0.228 e. The molecule has 0 saturated carbocycles. The van der Waals surface area contributed by atoms with Gasteiger partial charge < -0.3 is 0 Å². The summed E-state index contributed by atoms with van der Waals surface area (Å²) < 4.78 is 22.8. The highest BCUT2D eigenvalue weighted by Crippen LogP contribution is 2.22. The molecule has 0 spiro atoms. The van der Waals surface area contributed by atoms with E-state index in [0.717, 1.165) is 0 Å². The van der Waals surface area contributed by atoms with E-state index in [0.29, 0.717) is 0 Å². The minimum absolute atomic E-state index is 0.144. The predicted octanol–water partition coefficient (Wildman–Crippen LogP) is 1.22. The largest absolute Gasteiger partial charge is 0.228 e. The number of hydrogen-bond acceptors (Lipinski definition) is 2. The first-order valence-corrected chi connectivity index (χ1v) is 9.01. The second-order valence-electron chi connectivity index (χ2n) is 4.04. The van der Waals surface area contributed by atoms with Gasteiger partial charge in [-0.05, 0) is 0 Å². The molecule has 1 unspecified atom stereocenters. The summed E-state index contributed by atoms with van der Waals surface area (Å²) in [6, 6.07) is 0. The van der Waals surface area contributed by atoms with Gasteiger partial charge in [0.1, 0.15) is 0 Å². The third-order valence-corrected chi connectivity index (χ3v) is 8.57. The summed E-state index contributed by atoms with van der Waals surface area (Å²) in [6.45, 7) is 6.26. The molecule has 0 aliphatic carbocycles. The van der Waals surface area contributed by atoms with E-state index >= 15 is 0 Å². The van der Waals surface area contributed by atoms with Gasteiger partial charge in [0, 0.05) is 0 Å². The second-order valence-corrected chi connectivity index (χ2v) is 12.0. The predicted molar refractivity (Wildman–Crippen MR) is 50.1 cm³/mol. The first-order valence-electron chi connectivity index (χ1n) is 3.72. The molecular formula is C7H14O2SSi. The third kappa shape index (κ3) is 1.73. The highest BCUT2D eigenvalue weighted by molar-refractivity contribution is 7.94. The molecule has 0 aromatic heterocycles. The van der Waals surface area contributed by atoms with E-state index in [1.54, 1.807) is 6.08 Å². The number of hydrogen-bond donors (Lipinski definition) is 0. The minimum atomic E-state index is -2.79. The van der Waals surface area contributed by atoms with E-state index in [1.165, 1.54) is 0 Å². The van der Waals surface area contributed by atoms with Crippen molar-refractivity contribution in [1.29, 1.82) is 0 Å². The lowest BCUT2D eigenvalue weighted by Crippen LogP contribution is -2.41. The lowest BCUT2D eigenvalue weighted by Gasteiger charge is -2.21. The summed E-state index contributed by atoms with van der Waals surface area (Å²) in [6.07, 6.45) is 3.64. The van der Waals surface area contributed by atoms with Crippen molar-refractivity contribution in [2.24, 2.45) is 0 Å². The van der Waals surface area contributed by atoms with E-state index in [2.05, 4.69) is 19.6 Å². The van der Waals surface area contributed by atoms with Gasteiger partial charge in [0.25, 0.3) is 0 Å². The molecule has 0 aromatic rings. The van der Waals surface area contributed by atoms with Crippen molar-refractivity contribution in [1.82, 2.24) is 0 Å². The van der Waals surface area contributed by atoms with Gasteiger partial charge in [0.05, 0.1) is 18.7 Å². The van der Waals surface area contributed by atoms with E-state index < -0.39 is 17.9 Å². The van der Waals surface area contributed by atoms with Crippen LogP contribution < -0.4 is 0 Å². The van der Waals surface area contributed by atoms with Crippen molar-refractivity contribution in [3.8, 4) is 0 Å². The van der Waals surface area contributed by atoms with E-state index in [4.69, 9.17) is 0 Å². The molecule has 1 aliphatic heterocycles. The van der Waals surface area contributed by atoms with Gasteiger partial charge in [-0.2, -0.15) is 0 Å². The Morgan fingerprint density at radius 3 is 2.09 bits per heavy atom. The zero-order valence-corrected chi connectivity index (χ0v) is 8.98. The van der Waals surface area contributed by atoms with Crippen LogP contribution in [-0.4, -0.2) is 27.1 Å². The van der Waals surface area contributed by atoms with Crippen LogP contribution in [0.1, 0.15) is 0 Å². The second kappa shape index (κ2) is 2.45. The molecule has 1 heterocycles. The Bertz CT molecular complexity index is 271. The Hall–Kier alpha value is -0.0931. The summed E-state index contributed by atoms with van der Waals surface area (Å²) in [4.78, 5) is -0.144. The normalized spacial score (nSPS) is 29.2. The molecule has 1 aliphatic rings. The van der Waals surface area contributed by atoms with Gasteiger partial charge in [0.2, 0.25) is 0 Å². The van der Waals surface area contributed by atoms with Crippen LogP contribution in [0.2, 0.25) is 19.6 Å². The first kappa shape index (κ1) is 9.00.